The van der Waals surface area contributed by atoms with Crippen molar-refractivity contribution < 1.29 is 9.47 Å². The van der Waals surface area contributed by atoms with Crippen LogP contribution >= 0.6 is 0 Å². The number of benzene rings is 2. The van der Waals surface area contributed by atoms with Gasteiger partial charge >= 0.3 is 0 Å². The molecule has 2 aromatic rings. The number of rotatable bonds is 6. The van der Waals surface area contributed by atoms with Crippen LogP contribution in [-0.2, 0) is 9.47 Å². The highest BCUT2D eigenvalue weighted by molar-refractivity contribution is 5.61. The average molecular weight is 298 g/mol. The van der Waals surface area contributed by atoms with E-state index >= 15 is 0 Å². The number of hydrazine groups is 1. The first-order valence-electron chi connectivity index (χ1n) is 7.76. The molecule has 0 saturated carbocycles. The third kappa shape index (κ3) is 3.65. The van der Waals surface area contributed by atoms with Crippen LogP contribution in [0.3, 0.4) is 0 Å². The lowest BCUT2D eigenvalue weighted by Crippen LogP contribution is -2.42. The van der Waals surface area contributed by atoms with Crippen LogP contribution in [0.2, 0.25) is 0 Å². The minimum atomic E-state index is -0.101. The van der Waals surface area contributed by atoms with Gasteiger partial charge in [-0.3, -0.25) is 5.01 Å². The number of hydrogen-bond acceptors (Lipinski definition) is 4. The molecule has 116 valence electrons. The van der Waals surface area contributed by atoms with Crippen LogP contribution in [0.25, 0.3) is 0 Å². The fourth-order valence-corrected chi connectivity index (χ4v) is 2.62. The van der Waals surface area contributed by atoms with Crippen molar-refractivity contribution in [1.82, 2.24) is 5.43 Å². The van der Waals surface area contributed by atoms with Crippen molar-refractivity contribution in [3.8, 4) is 0 Å². The Morgan fingerprint density at radius 2 is 1.64 bits per heavy atom. The van der Waals surface area contributed by atoms with Crippen LogP contribution in [0, 0.1) is 0 Å². The lowest BCUT2D eigenvalue weighted by molar-refractivity contribution is -0.106. The van der Waals surface area contributed by atoms with E-state index in [1.54, 1.807) is 0 Å². The molecule has 0 unspecified atom stereocenters. The van der Waals surface area contributed by atoms with Gasteiger partial charge in [-0.15, -0.1) is 0 Å². The van der Waals surface area contributed by atoms with E-state index in [0.29, 0.717) is 13.2 Å². The Balaban J connectivity index is 1.76. The molecular weight excluding hydrogens is 276 g/mol. The second-order valence-electron chi connectivity index (χ2n) is 5.29. The first-order chi connectivity index (χ1) is 10.9. The van der Waals surface area contributed by atoms with Gasteiger partial charge in [0.05, 0.1) is 24.0 Å². The Bertz CT molecular complexity index is 522. The Morgan fingerprint density at radius 3 is 2.18 bits per heavy atom. The van der Waals surface area contributed by atoms with Gasteiger partial charge in [0.25, 0.3) is 0 Å². The molecule has 4 nitrogen and oxygen atoms in total. The third-order valence-electron chi connectivity index (χ3n) is 3.65. The number of para-hydroxylation sites is 2. The van der Waals surface area contributed by atoms with Crippen molar-refractivity contribution in [1.29, 1.82) is 0 Å². The average Bonchev–Trinajstić information content (AvgIpc) is 3.02. The Kier molecular flexibility index (Phi) is 5.06. The molecule has 2 aromatic carbocycles. The van der Waals surface area contributed by atoms with Gasteiger partial charge < -0.3 is 9.47 Å². The van der Waals surface area contributed by atoms with Crippen LogP contribution in [0.4, 0.5) is 11.4 Å². The van der Waals surface area contributed by atoms with Gasteiger partial charge in [-0.25, -0.2) is 5.43 Å². The summed E-state index contributed by atoms with van der Waals surface area (Å²) in [5, 5.41) is 2.11. The summed E-state index contributed by atoms with van der Waals surface area (Å²) >= 11 is 0. The number of ether oxygens (including phenoxy) is 2. The summed E-state index contributed by atoms with van der Waals surface area (Å²) in [5.74, 6) is 0. The first kappa shape index (κ1) is 15.0. The summed E-state index contributed by atoms with van der Waals surface area (Å²) < 4.78 is 11.2. The molecule has 1 aliphatic rings. The zero-order valence-electron chi connectivity index (χ0n) is 12.8. The molecule has 0 amide bonds. The molecule has 3 rings (SSSR count). The molecule has 0 aromatic heterocycles. The maximum atomic E-state index is 5.67. The predicted molar refractivity (Wildman–Crippen MR) is 87.9 cm³/mol. The van der Waals surface area contributed by atoms with Crippen molar-refractivity contribution in [2.24, 2.45) is 0 Å². The van der Waals surface area contributed by atoms with Crippen LogP contribution in [0.1, 0.15) is 13.3 Å². The van der Waals surface area contributed by atoms with E-state index in [-0.39, 0.29) is 12.3 Å². The van der Waals surface area contributed by atoms with Crippen LogP contribution in [-0.4, -0.2) is 25.5 Å². The maximum Gasteiger partial charge on any atom is 0.159 e. The predicted octanol–water partition coefficient (Wildman–Crippen LogP) is 3.48. The van der Waals surface area contributed by atoms with E-state index in [2.05, 4.69) is 34.7 Å². The molecule has 1 aliphatic heterocycles. The normalized spacial score (nSPS) is 21.0. The maximum absolute atomic E-state index is 5.67. The summed E-state index contributed by atoms with van der Waals surface area (Å²) in [6, 6.07) is 20.8. The zero-order valence-corrected chi connectivity index (χ0v) is 12.8. The van der Waals surface area contributed by atoms with Crippen LogP contribution < -0.4 is 10.4 Å². The number of anilines is 2. The molecule has 0 aliphatic carbocycles. The monoisotopic (exact) mass is 298 g/mol. The smallest absolute Gasteiger partial charge is 0.159 e. The van der Waals surface area contributed by atoms with E-state index in [4.69, 9.17) is 9.47 Å². The zero-order chi connectivity index (χ0) is 15.2. The van der Waals surface area contributed by atoms with Gasteiger partial charge in [-0.05, 0) is 31.2 Å². The topological polar surface area (TPSA) is 33.7 Å². The highest BCUT2D eigenvalue weighted by Gasteiger charge is 2.27. The van der Waals surface area contributed by atoms with E-state index in [0.717, 1.165) is 17.8 Å². The van der Waals surface area contributed by atoms with Gasteiger partial charge in [-0.2, -0.15) is 0 Å². The summed E-state index contributed by atoms with van der Waals surface area (Å²) in [5.41, 5.74) is 5.78. The van der Waals surface area contributed by atoms with Gasteiger partial charge in [0.1, 0.15) is 0 Å². The molecule has 0 radical (unpaired) electrons. The molecule has 1 fully saturated rings. The largest absolute Gasteiger partial charge is 0.353 e. The van der Waals surface area contributed by atoms with E-state index in [1.165, 1.54) is 0 Å². The Hall–Kier alpha value is -1.88. The van der Waals surface area contributed by atoms with Crippen molar-refractivity contribution >= 4 is 11.4 Å². The molecule has 1 N–H and O–H groups in total. The number of nitrogens with zero attached hydrogens (tertiary/aromatic N) is 1. The molecule has 1 heterocycles. The highest BCUT2D eigenvalue weighted by atomic mass is 16.7. The Labute approximate surface area is 131 Å². The standard InChI is InChI=1S/C18H22N2O2/c1-2-21-18-13-15(14-22-18)19-20(16-9-5-3-6-10-16)17-11-7-4-8-12-17/h3-12,15,18-19H,2,13-14H2,1H3/t15-,18+/m1/s1. The van der Waals surface area contributed by atoms with Crippen LogP contribution in [0.5, 0.6) is 0 Å². The Morgan fingerprint density at radius 1 is 1.05 bits per heavy atom. The van der Waals surface area contributed by atoms with Gasteiger partial charge in [0.15, 0.2) is 6.29 Å². The quantitative estimate of drug-likeness (QED) is 0.828. The minimum absolute atomic E-state index is 0.101. The number of nitrogens with one attached hydrogen (secondary N) is 1. The van der Waals surface area contributed by atoms with Crippen LogP contribution in [0.15, 0.2) is 60.7 Å². The first-order valence-corrected chi connectivity index (χ1v) is 7.76. The molecule has 2 atom stereocenters. The molecule has 4 heteroatoms. The van der Waals surface area contributed by atoms with E-state index in [9.17, 15) is 0 Å². The lowest BCUT2D eigenvalue weighted by atomic mass is 10.2. The fraction of sp³-hybridized carbons (Fsp3) is 0.333. The highest BCUT2D eigenvalue weighted by Crippen LogP contribution is 2.24. The molecule has 22 heavy (non-hydrogen) atoms. The summed E-state index contributed by atoms with van der Waals surface area (Å²) in [6.45, 7) is 3.32. The second kappa shape index (κ2) is 7.40. The number of hydrogen-bond donors (Lipinski definition) is 1. The van der Waals surface area contributed by atoms with Gasteiger partial charge in [0, 0.05) is 13.0 Å². The lowest BCUT2D eigenvalue weighted by Gasteiger charge is -2.28. The molecule has 0 bridgehead atoms. The minimum Gasteiger partial charge on any atom is -0.353 e. The summed E-state index contributed by atoms with van der Waals surface area (Å²) in [6.07, 6.45) is 0.750. The van der Waals surface area contributed by atoms with Crippen molar-refractivity contribution in [2.45, 2.75) is 25.7 Å². The molecule has 1 saturated heterocycles. The summed E-state index contributed by atoms with van der Waals surface area (Å²) in [4.78, 5) is 0. The SMILES string of the molecule is CCO[C@@H]1C[C@@H](NN(c2ccccc2)c2ccccc2)CO1. The third-order valence-corrected chi connectivity index (χ3v) is 3.65. The van der Waals surface area contributed by atoms with Crippen molar-refractivity contribution in [3.63, 3.8) is 0 Å². The second-order valence-corrected chi connectivity index (χ2v) is 5.29. The molecular formula is C18H22N2O2. The van der Waals surface area contributed by atoms with E-state index in [1.807, 2.05) is 43.3 Å². The van der Waals surface area contributed by atoms with Gasteiger partial charge in [-0.1, -0.05) is 36.4 Å². The van der Waals surface area contributed by atoms with Crippen molar-refractivity contribution in [2.75, 3.05) is 18.2 Å². The van der Waals surface area contributed by atoms with E-state index < -0.39 is 0 Å². The molecule has 0 spiro atoms. The van der Waals surface area contributed by atoms with Crippen molar-refractivity contribution in [3.05, 3.63) is 60.7 Å². The fourth-order valence-electron chi connectivity index (χ4n) is 2.62. The van der Waals surface area contributed by atoms with Gasteiger partial charge in [0.2, 0.25) is 0 Å². The summed E-state index contributed by atoms with van der Waals surface area (Å²) in [7, 11) is 0.